The first kappa shape index (κ1) is 21.1. The van der Waals surface area contributed by atoms with Crippen LogP contribution in [0.2, 0.25) is 0 Å². The number of aromatic nitrogens is 1. The van der Waals surface area contributed by atoms with E-state index in [9.17, 15) is 9.18 Å². The van der Waals surface area contributed by atoms with Gasteiger partial charge in [0.2, 0.25) is 5.91 Å². The number of hydrogen-bond acceptors (Lipinski definition) is 3. The number of amides is 1. The second kappa shape index (κ2) is 8.99. The Labute approximate surface area is 188 Å². The smallest absolute Gasteiger partial charge is 0.233 e. The summed E-state index contributed by atoms with van der Waals surface area (Å²) in [6.45, 7) is 2.45. The zero-order valence-electron chi connectivity index (χ0n) is 18.3. The number of hydrogen-bond donors (Lipinski definition) is 0. The fourth-order valence-corrected chi connectivity index (χ4v) is 5.47. The molecular weight excluding hydrogens is 403 g/mol. The molecule has 1 saturated heterocycles. The van der Waals surface area contributed by atoms with E-state index in [2.05, 4.69) is 23.2 Å². The monoisotopic (exact) mass is 432 g/mol. The maximum Gasteiger partial charge on any atom is 0.233 e. The number of benzene rings is 2. The predicted molar refractivity (Wildman–Crippen MR) is 123 cm³/mol. The molecule has 1 saturated carbocycles. The van der Waals surface area contributed by atoms with Gasteiger partial charge < -0.3 is 9.64 Å². The van der Waals surface area contributed by atoms with Gasteiger partial charge in [0.25, 0.3) is 0 Å². The number of pyridine rings is 1. The molecule has 5 heteroatoms. The SMILES string of the molecule is O=C(N1CCOCC(Cc2ccc3cnccc3c2)C1)C1(c2cccc(F)c2)CCCC1. The molecule has 1 aliphatic heterocycles. The molecule has 2 aromatic carbocycles. The lowest BCUT2D eigenvalue weighted by atomic mass is 9.77. The summed E-state index contributed by atoms with van der Waals surface area (Å²) in [4.78, 5) is 20.1. The quantitative estimate of drug-likeness (QED) is 0.589. The van der Waals surface area contributed by atoms with E-state index in [4.69, 9.17) is 4.74 Å². The largest absolute Gasteiger partial charge is 0.379 e. The molecule has 2 fully saturated rings. The Morgan fingerprint density at radius 1 is 1.12 bits per heavy atom. The second-order valence-electron chi connectivity index (χ2n) is 9.25. The molecule has 2 heterocycles. The number of carbonyl (C=O) groups is 1. The van der Waals surface area contributed by atoms with Crippen molar-refractivity contribution in [2.75, 3.05) is 26.3 Å². The molecule has 5 rings (SSSR count). The fourth-order valence-electron chi connectivity index (χ4n) is 5.47. The van der Waals surface area contributed by atoms with Crippen LogP contribution in [0.4, 0.5) is 4.39 Å². The van der Waals surface area contributed by atoms with Crippen molar-refractivity contribution >= 4 is 16.7 Å². The highest BCUT2D eigenvalue weighted by Gasteiger charge is 2.45. The van der Waals surface area contributed by atoms with Gasteiger partial charge in [0.05, 0.1) is 18.6 Å². The Morgan fingerprint density at radius 3 is 2.84 bits per heavy atom. The van der Waals surface area contributed by atoms with Crippen LogP contribution in [0.15, 0.2) is 60.9 Å². The lowest BCUT2D eigenvalue weighted by molar-refractivity contribution is -0.137. The number of halogens is 1. The summed E-state index contributed by atoms with van der Waals surface area (Å²) in [5.74, 6) is 0.0949. The zero-order valence-corrected chi connectivity index (χ0v) is 18.3. The van der Waals surface area contributed by atoms with Crippen LogP contribution in [0, 0.1) is 11.7 Å². The van der Waals surface area contributed by atoms with Crippen molar-refractivity contribution in [1.29, 1.82) is 0 Å². The third-order valence-corrected chi connectivity index (χ3v) is 7.10. The Balaban J connectivity index is 1.37. The Kier molecular flexibility index (Phi) is 5.92. The molecule has 166 valence electrons. The van der Waals surface area contributed by atoms with Gasteiger partial charge in [-0.1, -0.05) is 43.2 Å². The van der Waals surface area contributed by atoms with Gasteiger partial charge >= 0.3 is 0 Å². The minimum atomic E-state index is -0.604. The number of ether oxygens (including phenoxy) is 1. The van der Waals surface area contributed by atoms with Crippen LogP contribution in [0.1, 0.15) is 36.8 Å². The van der Waals surface area contributed by atoms with E-state index in [1.165, 1.54) is 17.0 Å². The van der Waals surface area contributed by atoms with Crippen molar-refractivity contribution in [3.63, 3.8) is 0 Å². The Morgan fingerprint density at radius 2 is 2.00 bits per heavy atom. The van der Waals surface area contributed by atoms with Gasteiger partial charge in [-0.3, -0.25) is 9.78 Å². The molecule has 1 aliphatic carbocycles. The molecule has 2 aliphatic rings. The van der Waals surface area contributed by atoms with Gasteiger partial charge in [-0.15, -0.1) is 0 Å². The molecule has 0 spiro atoms. The van der Waals surface area contributed by atoms with Crippen LogP contribution in [0.5, 0.6) is 0 Å². The van der Waals surface area contributed by atoms with Gasteiger partial charge in [-0.25, -0.2) is 4.39 Å². The van der Waals surface area contributed by atoms with Gasteiger partial charge in [-0.05, 0) is 54.0 Å². The van der Waals surface area contributed by atoms with E-state index in [1.807, 2.05) is 29.4 Å². The van der Waals surface area contributed by atoms with Crippen LogP contribution >= 0.6 is 0 Å². The summed E-state index contributed by atoms with van der Waals surface area (Å²) in [6, 6.07) is 15.1. The first-order valence-electron chi connectivity index (χ1n) is 11.6. The third-order valence-electron chi connectivity index (χ3n) is 7.10. The highest BCUT2D eigenvalue weighted by atomic mass is 19.1. The van der Waals surface area contributed by atoms with E-state index in [0.29, 0.717) is 26.3 Å². The van der Waals surface area contributed by atoms with Gasteiger partial charge in [0.1, 0.15) is 5.82 Å². The van der Waals surface area contributed by atoms with Crippen LogP contribution in [0.3, 0.4) is 0 Å². The van der Waals surface area contributed by atoms with Crippen molar-refractivity contribution in [2.24, 2.45) is 5.92 Å². The van der Waals surface area contributed by atoms with Crippen LogP contribution in [0.25, 0.3) is 10.8 Å². The molecule has 1 aromatic heterocycles. The fraction of sp³-hybridized carbons (Fsp3) is 0.407. The molecule has 3 aromatic rings. The molecule has 32 heavy (non-hydrogen) atoms. The summed E-state index contributed by atoms with van der Waals surface area (Å²) >= 11 is 0. The standard InChI is InChI=1S/C27H29FN2O2/c28-25-5-3-4-24(16-25)27(9-1-2-10-27)26(31)30-12-13-32-19-21(18-30)14-20-6-7-23-17-29-11-8-22(23)15-20/h3-8,11,15-17,21H,1-2,9-10,12-14,18-19H2. The van der Waals surface area contributed by atoms with Gasteiger partial charge in [-0.2, -0.15) is 0 Å². The normalized spacial score (nSPS) is 20.9. The summed E-state index contributed by atoms with van der Waals surface area (Å²) in [6.07, 6.45) is 8.13. The highest BCUT2D eigenvalue weighted by molar-refractivity contribution is 5.88. The lowest BCUT2D eigenvalue weighted by Crippen LogP contribution is -2.47. The van der Waals surface area contributed by atoms with E-state index in [1.54, 1.807) is 12.1 Å². The zero-order chi connectivity index (χ0) is 22.0. The van der Waals surface area contributed by atoms with Crippen LogP contribution in [-0.4, -0.2) is 42.1 Å². The molecule has 0 N–H and O–H groups in total. The molecule has 0 bridgehead atoms. The van der Waals surface area contributed by atoms with Gasteiger partial charge in [0, 0.05) is 36.8 Å². The molecular formula is C27H29FN2O2. The lowest BCUT2D eigenvalue weighted by Gasteiger charge is -2.35. The average molecular weight is 433 g/mol. The summed E-state index contributed by atoms with van der Waals surface area (Å²) in [5, 5.41) is 2.31. The van der Waals surface area contributed by atoms with E-state index >= 15 is 0 Å². The minimum Gasteiger partial charge on any atom is -0.379 e. The maximum atomic E-state index is 14.0. The first-order valence-corrected chi connectivity index (χ1v) is 11.6. The number of nitrogens with zero attached hydrogens (tertiary/aromatic N) is 2. The van der Waals surface area contributed by atoms with E-state index < -0.39 is 5.41 Å². The van der Waals surface area contributed by atoms with Crippen LogP contribution < -0.4 is 0 Å². The summed E-state index contributed by atoms with van der Waals surface area (Å²) < 4.78 is 19.9. The number of fused-ring (bicyclic) bond motifs is 1. The summed E-state index contributed by atoms with van der Waals surface area (Å²) in [5.41, 5.74) is 1.46. The highest BCUT2D eigenvalue weighted by Crippen LogP contribution is 2.43. The molecule has 0 radical (unpaired) electrons. The third kappa shape index (κ3) is 4.14. The molecule has 1 atom stereocenters. The first-order chi connectivity index (χ1) is 15.6. The Hall–Kier alpha value is -2.79. The average Bonchev–Trinajstić information content (AvgIpc) is 3.20. The van der Waals surface area contributed by atoms with Crippen molar-refractivity contribution < 1.29 is 13.9 Å². The second-order valence-corrected chi connectivity index (χ2v) is 9.25. The maximum absolute atomic E-state index is 14.0. The summed E-state index contributed by atoms with van der Waals surface area (Å²) in [7, 11) is 0. The van der Waals surface area contributed by atoms with Crippen molar-refractivity contribution in [3.8, 4) is 0 Å². The van der Waals surface area contributed by atoms with Gasteiger partial charge in [0.15, 0.2) is 0 Å². The van der Waals surface area contributed by atoms with Crippen LogP contribution in [-0.2, 0) is 21.4 Å². The van der Waals surface area contributed by atoms with E-state index in [0.717, 1.165) is 43.1 Å². The van der Waals surface area contributed by atoms with E-state index in [-0.39, 0.29) is 17.6 Å². The van der Waals surface area contributed by atoms with Crippen molar-refractivity contribution in [2.45, 2.75) is 37.5 Å². The molecule has 4 nitrogen and oxygen atoms in total. The number of rotatable bonds is 4. The van der Waals surface area contributed by atoms with Crippen molar-refractivity contribution in [3.05, 3.63) is 77.9 Å². The number of carbonyl (C=O) groups excluding carboxylic acids is 1. The molecule has 1 amide bonds. The Bertz CT molecular complexity index is 1110. The predicted octanol–water partition coefficient (Wildman–Crippen LogP) is 4.90. The minimum absolute atomic E-state index is 0.140. The van der Waals surface area contributed by atoms with Crippen molar-refractivity contribution in [1.82, 2.24) is 9.88 Å². The molecule has 1 unspecified atom stereocenters. The topological polar surface area (TPSA) is 42.4 Å².